The van der Waals surface area contributed by atoms with Gasteiger partial charge in [-0.15, -0.1) is 0 Å². The largest absolute Gasteiger partial charge is 0.462 e. The van der Waals surface area contributed by atoms with Crippen LogP contribution in [-0.2, 0) is 9.53 Å². The van der Waals surface area contributed by atoms with E-state index >= 15 is 0 Å². The third kappa shape index (κ3) is 3.15. The zero-order valence-corrected chi connectivity index (χ0v) is 8.83. The van der Waals surface area contributed by atoms with Crippen molar-refractivity contribution in [2.24, 2.45) is 5.11 Å². The Bertz CT molecular complexity index is 434. The number of rotatable bonds is 4. The third-order valence-electron chi connectivity index (χ3n) is 1.82. The summed E-state index contributed by atoms with van der Waals surface area (Å²) in [5.41, 5.74) is 9.15. The van der Waals surface area contributed by atoms with Crippen molar-refractivity contribution < 1.29 is 9.53 Å². The number of esters is 1. The first kappa shape index (κ1) is 11.8. The van der Waals surface area contributed by atoms with Crippen LogP contribution in [0.25, 0.3) is 16.0 Å². The molecule has 82 valence electrons. The summed E-state index contributed by atoms with van der Waals surface area (Å²) < 4.78 is 4.86. The number of hydrogen-bond acceptors (Lipinski definition) is 3. The second-order valence-electron chi connectivity index (χ2n) is 2.83. The Balaban J connectivity index is 3.06. The van der Waals surface area contributed by atoms with Gasteiger partial charge in [-0.05, 0) is 18.0 Å². The van der Waals surface area contributed by atoms with Crippen LogP contribution in [0.5, 0.6) is 0 Å². The van der Waals surface area contributed by atoms with Crippen LogP contribution >= 0.6 is 0 Å². The normalized spacial score (nSPS) is 10.4. The maximum Gasteiger partial charge on any atom is 0.338 e. The highest BCUT2D eigenvalue weighted by Crippen LogP contribution is 2.15. The first-order valence-corrected chi connectivity index (χ1v) is 4.76. The Morgan fingerprint density at radius 3 is 2.75 bits per heavy atom. The van der Waals surface area contributed by atoms with Gasteiger partial charge in [-0.25, -0.2) is 4.79 Å². The zero-order valence-electron chi connectivity index (χ0n) is 8.83. The monoisotopic (exact) mass is 217 g/mol. The molecule has 1 aromatic carbocycles. The summed E-state index contributed by atoms with van der Waals surface area (Å²) in [6.45, 7) is 1.99. The van der Waals surface area contributed by atoms with Gasteiger partial charge in [-0.3, -0.25) is 0 Å². The molecule has 0 aliphatic heterocycles. The van der Waals surface area contributed by atoms with E-state index in [1.54, 1.807) is 31.2 Å². The molecule has 0 atom stereocenters. The molecule has 0 saturated carbocycles. The zero-order chi connectivity index (χ0) is 11.8. The van der Waals surface area contributed by atoms with Crippen LogP contribution < -0.4 is 0 Å². The van der Waals surface area contributed by atoms with Gasteiger partial charge in [0.1, 0.15) is 0 Å². The molecule has 0 aliphatic carbocycles. The molecule has 0 aromatic heterocycles. The molecule has 0 aliphatic rings. The first-order chi connectivity index (χ1) is 7.79. The summed E-state index contributed by atoms with van der Waals surface area (Å²) in [5, 5.41) is 3.27. The molecule has 0 spiro atoms. The standard InChI is InChI=1S/C11H11N3O2/c1-2-16-11(15)10(8-13-14-12)9-6-4-3-5-7-9/h3-8H,2H2,1H3. The minimum Gasteiger partial charge on any atom is -0.462 e. The lowest BCUT2D eigenvalue weighted by molar-refractivity contribution is -0.136. The molecule has 1 aromatic rings. The highest BCUT2D eigenvalue weighted by molar-refractivity contribution is 6.16. The first-order valence-electron chi connectivity index (χ1n) is 4.76. The van der Waals surface area contributed by atoms with Crippen LogP contribution in [0.2, 0.25) is 0 Å². The Morgan fingerprint density at radius 1 is 1.50 bits per heavy atom. The number of ether oxygens (including phenoxy) is 1. The van der Waals surface area contributed by atoms with E-state index in [0.29, 0.717) is 5.56 Å². The van der Waals surface area contributed by atoms with Crippen molar-refractivity contribution in [2.45, 2.75) is 6.92 Å². The van der Waals surface area contributed by atoms with Crippen molar-refractivity contribution in [2.75, 3.05) is 6.61 Å². The van der Waals surface area contributed by atoms with E-state index in [-0.39, 0.29) is 12.2 Å². The van der Waals surface area contributed by atoms with Crippen LogP contribution in [0.1, 0.15) is 12.5 Å². The van der Waals surface area contributed by atoms with Crippen LogP contribution in [0.4, 0.5) is 0 Å². The third-order valence-corrected chi connectivity index (χ3v) is 1.82. The lowest BCUT2D eigenvalue weighted by atomic mass is 10.1. The number of hydrogen-bond donors (Lipinski definition) is 0. The summed E-state index contributed by atoms with van der Waals surface area (Å²) >= 11 is 0. The van der Waals surface area contributed by atoms with Gasteiger partial charge in [0.15, 0.2) is 0 Å². The smallest absolute Gasteiger partial charge is 0.338 e. The Hall–Kier alpha value is -2.26. The van der Waals surface area contributed by atoms with Crippen molar-refractivity contribution in [1.29, 1.82) is 0 Å². The van der Waals surface area contributed by atoms with Crippen LogP contribution in [0.3, 0.4) is 0 Å². The summed E-state index contributed by atoms with van der Waals surface area (Å²) in [6, 6.07) is 8.90. The van der Waals surface area contributed by atoms with Gasteiger partial charge in [0, 0.05) is 11.1 Å². The predicted molar refractivity (Wildman–Crippen MR) is 60.2 cm³/mol. The van der Waals surface area contributed by atoms with E-state index in [0.717, 1.165) is 6.20 Å². The molecule has 5 heteroatoms. The van der Waals surface area contributed by atoms with E-state index in [2.05, 4.69) is 10.0 Å². The SMILES string of the molecule is CCOC(=O)C(=CN=[N+]=[N-])c1ccccc1. The Morgan fingerprint density at radius 2 is 2.19 bits per heavy atom. The second kappa shape index (κ2) is 6.27. The molecule has 0 bridgehead atoms. The quantitative estimate of drug-likeness (QED) is 0.255. The summed E-state index contributed by atoms with van der Waals surface area (Å²) in [6.07, 6.45) is 1.16. The fourth-order valence-corrected chi connectivity index (χ4v) is 1.16. The maximum atomic E-state index is 11.6. The number of carbonyl (C=O) groups is 1. The summed E-state index contributed by atoms with van der Waals surface area (Å²) in [7, 11) is 0. The molecule has 0 amide bonds. The molecule has 0 unspecified atom stereocenters. The highest BCUT2D eigenvalue weighted by Gasteiger charge is 2.11. The van der Waals surface area contributed by atoms with Gasteiger partial charge in [0.05, 0.1) is 12.2 Å². The van der Waals surface area contributed by atoms with E-state index in [9.17, 15) is 4.79 Å². The van der Waals surface area contributed by atoms with Crippen molar-refractivity contribution in [1.82, 2.24) is 0 Å². The van der Waals surface area contributed by atoms with Crippen molar-refractivity contribution in [3.05, 3.63) is 52.5 Å². The molecular formula is C11H11N3O2. The number of nitrogens with zero attached hydrogens (tertiary/aromatic N) is 3. The van der Waals surface area contributed by atoms with E-state index in [4.69, 9.17) is 10.3 Å². The lowest BCUT2D eigenvalue weighted by Crippen LogP contribution is -2.06. The minimum absolute atomic E-state index is 0.250. The number of carbonyl (C=O) groups excluding carboxylic acids is 1. The minimum atomic E-state index is -0.499. The average molecular weight is 217 g/mol. The van der Waals surface area contributed by atoms with Crippen molar-refractivity contribution >= 4 is 11.5 Å². The van der Waals surface area contributed by atoms with Gasteiger partial charge >= 0.3 is 5.97 Å². The molecule has 16 heavy (non-hydrogen) atoms. The molecule has 5 nitrogen and oxygen atoms in total. The predicted octanol–water partition coefficient (Wildman–Crippen LogP) is 2.90. The lowest BCUT2D eigenvalue weighted by Gasteiger charge is -2.05. The van der Waals surface area contributed by atoms with Crippen LogP contribution in [0.15, 0.2) is 41.6 Å². The molecule has 0 heterocycles. The summed E-state index contributed by atoms with van der Waals surface area (Å²) in [5.74, 6) is -0.499. The molecular weight excluding hydrogens is 206 g/mol. The van der Waals surface area contributed by atoms with E-state index in [1.807, 2.05) is 6.07 Å². The van der Waals surface area contributed by atoms with Crippen LogP contribution in [-0.4, -0.2) is 12.6 Å². The number of benzene rings is 1. The van der Waals surface area contributed by atoms with Crippen molar-refractivity contribution in [3.8, 4) is 0 Å². The average Bonchev–Trinajstić information content (AvgIpc) is 2.31. The fraction of sp³-hybridized carbons (Fsp3) is 0.182. The Labute approximate surface area is 93.0 Å². The molecule has 1 rings (SSSR count). The fourth-order valence-electron chi connectivity index (χ4n) is 1.16. The highest BCUT2D eigenvalue weighted by atomic mass is 16.5. The molecule has 0 radical (unpaired) electrons. The van der Waals surface area contributed by atoms with Gasteiger partial charge in [0.2, 0.25) is 0 Å². The van der Waals surface area contributed by atoms with Gasteiger partial charge in [-0.2, -0.15) is 0 Å². The maximum absolute atomic E-state index is 11.6. The number of azide groups is 1. The second-order valence-corrected chi connectivity index (χ2v) is 2.83. The molecule has 0 N–H and O–H groups in total. The topological polar surface area (TPSA) is 75.1 Å². The Kier molecular flexibility index (Phi) is 4.63. The van der Waals surface area contributed by atoms with E-state index < -0.39 is 5.97 Å². The van der Waals surface area contributed by atoms with E-state index in [1.165, 1.54) is 0 Å². The van der Waals surface area contributed by atoms with Gasteiger partial charge < -0.3 is 4.74 Å². The van der Waals surface area contributed by atoms with Gasteiger partial charge in [0.25, 0.3) is 0 Å². The molecule has 0 fully saturated rings. The summed E-state index contributed by atoms with van der Waals surface area (Å²) in [4.78, 5) is 14.2. The van der Waals surface area contributed by atoms with Crippen molar-refractivity contribution in [3.63, 3.8) is 0 Å². The van der Waals surface area contributed by atoms with Crippen LogP contribution in [0, 0.1) is 0 Å². The van der Waals surface area contributed by atoms with Gasteiger partial charge in [-0.1, -0.05) is 35.4 Å². The molecule has 0 saturated heterocycles.